The van der Waals surface area contributed by atoms with Crippen molar-refractivity contribution in [1.82, 2.24) is 8.87 Å². The first-order chi connectivity index (χ1) is 12.3. The van der Waals surface area contributed by atoms with E-state index in [1.807, 2.05) is 16.7 Å². The van der Waals surface area contributed by atoms with E-state index in [1.54, 1.807) is 12.1 Å². The Morgan fingerprint density at radius 2 is 2.27 bits per heavy atom. The first-order valence-electron chi connectivity index (χ1n) is 8.23. The van der Waals surface area contributed by atoms with Crippen molar-refractivity contribution in [2.45, 2.75) is 19.4 Å². The van der Waals surface area contributed by atoms with Crippen molar-refractivity contribution < 1.29 is 13.2 Å². The number of allylic oxidation sites excluding steroid dienone is 1. The van der Waals surface area contributed by atoms with Gasteiger partial charge in [-0.25, -0.2) is 12.7 Å². The van der Waals surface area contributed by atoms with E-state index >= 15 is 0 Å². The van der Waals surface area contributed by atoms with Crippen LogP contribution in [0.1, 0.15) is 12.8 Å². The van der Waals surface area contributed by atoms with Crippen molar-refractivity contribution in [3.63, 3.8) is 0 Å². The highest BCUT2D eigenvalue weighted by Crippen LogP contribution is 2.23. The lowest BCUT2D eigenvalue weighted by Crippen LogP contribution is -2.41. The molecule has 3 rings (SSSR count). The number of halogens is 1. The molecule has 2 aromatic rings. The van der Waals surface area contributed by atoms with Crippen LogP contribution < -0.4 is 4.80 Å². The van der Waals surface area contributed by atoms with Crippen LogP contribution >= 0.6 is 22.9 Å². The zero-order chi connectivity index (χ0) is 18.9. The molecular weight excluding hydrogens is 394 g/mol. The zero-order valence-corrected chi connectivity index (χ0v) is 16.8. The summed E-state index contributed by atoms with van der Waals surface area (Å²) in [6.45, 7) is 4.94. The smallest absolute Gasteiger partial charge is 0.252 e. The molecule has 6 nitrogen and oxygen atoms in total. The Labute approximate surface area is 161 Å². The van der Waals surface area contributed by atoms with Gasteiger partial charge in [-0.15, -0.1) is 6.58 Å². The van der Waals surface area contributed by atoms with Gasteiger partial charge in [0.15, 0.2) is 4.80 Å². The number of aromatic nitrogens is 1. The minimum absolute atomic E-state index is 0.194. The van der Waals surface area contributed by atoms with Crippen LogP contribution in [0.25, 0.3) is 10.2 Å². The van der Waals surface area contributed by atoms with Crippen LogP contribution in [-0.2, 0) is 21.4 Å². The third-order valence-electron chi connectivity index (χ3n) is 4.36. The lowest BCUT2D eigenvalue weighted by molar-refractivity contribution is -0.122. The molecule has 0 aliphatic carbocycles. The number of carbonyl (C=O) groups is 1. The molecule has 2 heterocycles. The molecule has 1 atom stereocenters. The molecule has 140 valence electrons. The first kappa shape index (κ1) is 19.3. The number of piperidine rings is 1. The van der Waals surface area contributed by atoms with Crippen LogP contribution in [0.15, 0.2) is 35.8 Å². The Morgan fingerprint density at radius 1 is 1.50 bits per heavy atom. The molecular formula is C17H20ClN3O3S2. The van der Waals surface area contributed by atoms with Gasteiger partial charge in [-0.1, -0.05) is 29.0 Å². The van der Waals surface area contributed by atoms with E-state index in [0.717, 1.165) is 10.2 Å². The van der Waals surface area contributed by atoms with Crippen LogP contribution in [0.5, 0.6) is 0 Å². The molecule has 1 aliphatic heterocycles. The van der Waals surface area contributed by atoms with Gasteiger partial charge in [-0.05, 0) is 31.0 Å². The third kappa shape index (κ3) is 4.09. The maximum Gasteiger partial charge on any atom is 0.252 e. The van der Waals surface area contributed by atoms with Gasteiger partial charge in [0.2, 0.25) is 10.0 Å². The van der Waals surface area contributed by atoms with Crippen molar-refractivity contribution in [1.29, 1.82) is 0 Å². The second kappa shape index (κ2) is 7.64. The second-order valence-electron chi connectivity index (χ2n) is 6.31. The summed E-state index contributed by atoms with van der Waals surface area (Å²) in [6.07, 6.45) is 4.22. The van der Waals surface area contributed by atoms with Gasteiger partial charge in [0.05, 0.1) is 22.4 Å². The normalized spacial score (nSPS) is 19.8. The van der Waals surface area contributed by atoms with E-state index in [1.165, 1.54) is 21.9 Å². The summed E-state index contributed by atoms with van der Waals surface area (Å²) < 4.78 is 27.7. The van der Waals surface area contributed by atoms with Crippen LogP contribution in [0.3, 0.4) is 0 Å². The SMILES string of the molecule is C=CCn1c(=NC(=O)C2CCCN(S(C)(=O)=O)C2)sc2cc(Cl)ccc21. The van der Waals surface area contributed by atoms with Crippen LogP contribution in [0.2, 0.25) is 5.02 Å². The molecule has 1 fully saturated rings. The fraction of sp³-hybridized carbons (Fsp3) is 0.412. The minimum Gasteiger partial charge on any atom is -0.313 e. The summed E-state index contributed by atoms with van der Waals surface area (Å²) in [4.78, 5) is 17.6. The Balaban J connectivity index is 1.97. The molecule has 0 saturated carbocycles. The highest BCUT2D eigenvalue weighted by atomic mass is 35.5. The lowest BCUT2D eigenvalue weighted by Gasteiger charge is -2.28. The largest absolute Gasteiger partial charge is 0.313 e. The van der Waals surface area contributed by atoms with Gasteiger partial charge < -0.3 is 4.57 Å². The summed E-state index contributed by atoms with van der Waals surface area (Å²) in [5.41, 5.74) is 0.937. The maximum atomic E-state index is 12.7. The monoisotopic (exact) mass is 413 g/mol. The van der Waals surface area contributed by atoms with E-state index in [0.29, 0.717) is 35.8 Å². The number of amides is 1. The summed E-state index contributed by atoms with van der Waals surface area (Å²) in [5.74, 6) is -0.696. The van der Waals surface area contributed by atoms with Gasteiger partial charge >= 0.3 is 0 Å². The topological polar surface area (TPSA) is 71.7 Å². The number of thiazole rings is 1. The zero-order valence-electron chi connectivity index (χ0n) is 14.4. The Morgan fingerprint density at radius 3 is 2.96 bits per heavy atom. The van der Waals surface area contributed by atoms with Gasteiger partial charge in [0.1, 0.15) is 0 Å². The van der Waals surface area contributed by atoms with Gasteiger partial charge in [-0.2, -0.15) is 4.99 Å². The number of nitrogens with zero attached hydrogens (tertiary/aromatic N) is 3. The number of benzene rings is 1. The lowest BCUT2D eigenvalue weighted by atomic mass is 9.99. The van der Waals surface area contributed by atoms with E-state index in [9.17, 15) is 13.2 Å². The molecule has 1 aliphatic rings. The number of carbonyl (C=O) groups excluding carboxylic acids is 1. The van der Waals surface area contributed by atoms with Crippen molar-refractivity contribution in [3.05, 3.63) is 40.7 Å². The van der Waals surface area contributed by atoms with Crippen LogP contribution in [-0.4, -0.2) is 42.5 Å². The number of hydrogen-bond donors (Lipinski definition) is 0. The summed E-state index contributed by atoms with van der Waals surface area (Å²) in [6, 6.07) is 5.54. The summed E-state index contributed by atoms with van der Waals surface area (Å²) in [5, 5.41) is 0.624. The Bertz CT molecular complexity index is 1020. The molecule has 1 amide bonds. The van der Waals surface area contributed by atoms with E-state index < -0.39 is 15.9 Å². The number of hydrogen-bond acceptors (Lipinski definition) is 4. The number of sulfonamides is 1. The Kier molecular flexibility index (Phi) is 5.67. The molecule has 1 saturated heterocycles. The summed E-state index contributed by atoms with van der Waals surface area (Å²) in [7, 11) is -3.30. The molecule has 26 heavy (non-hydrogen) atoms. The second-order valence-corrected chi connectivity index (χ2v) is 9.73. The van der Waals surface area contributed by atoms with E-state index in [4.69, 9.17) is 11.6 Å². The fourth-order valence-electron chi connectivity index (χ4n) is 3.07. The van der Waals surface area contributed by atoms with Crippen molar-refractivity contribution >= 4 is 49.1 Å². The predicted molar refractivity (Wildman–Crippen MR) is 105 cm³/mol. The molecule has 0 N–H and O–H groups in total. The van der Waals surface area contributed by atoms with E-state index in [2.05, 4.69) is 11.6 Å². The molecule has 0 spiro atoms. The summed E-state index contributed by atoms with van der Waals surface area (Å²) >= 11 is 7.45. The van der Waals surface area contributed by atoms with E-state index in [-0.39, 0.29) is 12.5 Å². The van der Waals surface area contributed by atoms with Crippen LogP contribution in [0.4, 0.5) is 0 Å². The molecule has 0 radical (unpaired) electrons. The molecule has 1 unspecified atom stereocenters. The van der Waals surface area contributed by atoms with Crippen molar-refractivity contribution in [2.75, 3.05) is 19.3 Å². The van der Waals surface area contributed by atoms with Gasteiger partial charge in [0.25, 0.3) is 5.91 Å². The predicted octanol–water partition coefficient (Wildman–Crippen LogP) is 2.64. The molecule has 1 aromatic carbocycles. The number of fused-ring (bicyclic) bond motifs is 1. The standard InChI is InChI=1S/C17H20ClN3O3S2/c1-3-8-21-14-7-6-13(18)10-15(14)25-17(21)19-16(22)12-5-4-9-20(11-12)26(2,23)24/h3,6-7,10,12H,1,4-5,8-9,11H2,2H3. The average molecular weight is 414 g/mol. The van der Waals surface area contributed by atoms with Gasteiger partial charge in [0, 0.05) is 24.7 Å². The number of rotatable bonds is 4. The van der Waals surface area contributed by atoms with Crippen molar-refractivity contribution in [2.24, 2.45) is 10.9 Å². The van der Waals surface area contributed by atoms with Crippen LogP contribution in [0, 0.1) is 5.92 Å². The van der Waals surface area contributed by atoms with Crippen molar-refractivity contribution in [3.8, 4) is 0 Å². The van der Waals surface area contributed by atoms with Gasteiger partial charge in [-0.3, -0.25) is 4.79 Å². The third-order valence-corrected chi connectivity index (χ3v) is 6.91. The fourth-order valence-corrected chi connectivity index (χ4v) is 5.30. The Hall–Kier alpha value is -1.48. The molecule has 9 heteroatoms. The maximum absolute atomic E-state index is 12.7. The quantitative estimate of drug-likeness (QED) is 0.723. The highest BCUT2D eigenvalue weighted by molar-refractivity contribution is 7.88. The highest BCUT2D eigenvalue weighted by Gasteiger charge is 2.30. The first-order valence-corrected chi connectivity index (χ1v) is 11.3. The molecule has 1 aromatic heterocycles. The minimum atomic E-state index is -3.30. The average Bonchev–Trinajstić information content (AvgIpc) is 2.91. The molecule has 0 bridgehead atoms.